The molecule has 0 spiro atoms. The molecule has 1 amide bonds. The lowest BCUT2D eigenvalue weighted by Gasteiger charge is -2.15. The number of fused-ring (bicyclic) bond motifs is 1. The maximum atomic E-state index is 12.9. The van der Waals surface area contributed by atoms with E-state index in [1.165, 1.54) is 0 Å². The van der Waals surface area contributed by atoms with Gasteiger partial charge in [0.25, 0.3) is 5.91 Å². The van der Waals surface area contributed by atoms with E-state index in [2.05, 4.69) is 6.92 Å². The third-order valence-electron chi connectivity index (χ3n) is 5.61. The van der Waals surface area contributed by atoms with Crippen molar-refractivity contribution in [2.45, 2.75) is 32.6 Å². The van der Waals surface area contributed by atoms with Crippen LogP contribution in [0.15, 0.2) is 72.8 Å². The van der Waals surface area contributed by atoms with Crippen molar-refractivity contribution in [3.63, 3.8) is 0 Å². The molecule has 0 saturated carbocycles. The lowest BCUT2D eigenvalue weighted by Crippen LogP contribution is -2.30. The van der Waals surface area contributed by atoms with E-state index < -0.39 is 5.97 Å². The number of ether oxygens (including phenoxy) is 1. The van der Waals surface area contributed by atoms with Gasteiger partial charge in [0, 0.05) is 12.1 Å². The van der Waals surface area contributed by atoms with E-state index in [0.717, 1.165) is 36.8 Å². The van der Waals surface area contributed by atoms with Gasteiger partial charge in [0.15, 0.2) is 0 Å². The molecule has 0 atom stereocenters. The van der Waals surface area contributed by atoms with Gasteiger partial charge in [0.05, 0.1) is 11.1 Å². The molecule has 32 heavy (non-hydrogen) atoms. The van der Waals surface area contributed by atoms with E-state index in [4.69, 9.17) is 17.0 Å². The Morgan fingerprint density at radius 1 is 0.875 bits per heavy atom. The fourth-order valence-electron chi connectivity index (χ4n) is 3.83. The first-order valence-electron chi connectivity index (χ1n) is 11.0. The van der Waals surface area contributed by atoms with E-state index in [-0.39, 0.29) is 5.91 Å². The second-order valence-corrected chi connectivity index (χ2v) is 8.25. The van der Waals surface area contributed by atoms with Gasteiger partial charge in [-0.3, -0.25) is 9.69 Å². The number of amides is 1. The summed E-state index contributed by atoms with van der Waals surface area (Å²) in [6.45, 7) is 2.76. The SMILES string of the molecule is CCCCCCN1C(=O)c2cc(C(=O)Oc3ccc(-c4ccccc4)cc3)ccc2C1=S. The van der Waals surface area contributed by atoms with Gasteiger partial charge in [-0.1, -0.05) is 86.9 Å². The molecule has 3 aromatic rings. The Hall–Kier alpha value is -3.31. The molecule has 0 N–H and O–H groups in total. The predicted molar refractivity (Wildman–Crippen MR) is 130 cm³/mol. The zero-order valence-electron chi connectivity index (χ0n) is 18.0. The number of carbonyl (C=O) groups excluding carboxylic acids is 2. The van der Waals surface area contributed by atoms with Gasteiger partial charge in [-0.15, -0.1) is 0 Å². The number of rotatable bonds is 8. The minimum Gasteiger partial charge on any atom is -0.423 e. The maximum Gasteiger partial charge on any atom is 0.343 e. The number of esters is 1. The lowest BCUT2D eigenvalue weighted by atomic mass is 10.1. The molecule has 1 heterocycles. The summed E-state index contributed by atoms with van der Waals surface area (Å²) in [5.74, 6) is -0.182. The third-order valence-corrected chi connectivity index (χ3v) is 6.05. The summed E-state index contributed by atoms with van der Waals surface area (Å²) in [5.41, 5.74) is 3.65. The topological polar surface area (TPSA) is 46.6 Å². The Labute approximate surface area is 193 Å². The average Bonchev–Trinajstić information content (AvgIpc) is 3.07. The van der Waals surface area contributed by atoms with Crippen molar-refractivity contribution in [1.82, 2.24) is 4.90 Å². The molecule has 0 fully saturated rings. The highest BCUT2D eigenvalue weighted by Crippen LogP contribution is 2.27. The molecule has 0 radical (unpaired) electrons. The van der Waals surface area contributed by atoms with Gasteiger partial charge in [-0.05, 0) is 41.8 Å². The Balaban J connectivity index is 1.44. The minimum absolute atomic E-state index is 0.136. The van der Waals surface area contributed by atoms with Crippen LogP contribution in [0, 0.1) is 0 Å². The first-order chi connectivity index (χ1) is 15.6. The van der Waals surface area contributed by atoms with E-state index >= 15 is 0 Å². The molecule has 0 saturated heterocycles. The van der Waals surface area contributed by atoms with Crippen LogP contribution in [-0.4, -0.2) is 28.3 Å². The zero-order valence-corrected chi connectivity index (χ0v) is 18.9. The van der Waals surface area contributed by atoms with Crippen molar-refractivity contribution in [2.75, 3.05) is 6.54 Å². The van der Waals surface area contributed by atoms with Gasteiger partial charge in [0.2, 0.25) is 0 Å². The molecule has 162 valence electrons. The summed E-state index contributed by atoms with van der Waals surface area (Å²) >= 11 is 5.51. The van der Waals surface area contributed by atoms with Crippen LogP contribution >= 0.6 is 12.2 Å². The standard InChI is InChI=1S/C27H25NO3S/c1-2-3-4-8-17-28-25(29)24-18-21(13-16-23(24)26(28)32)27(30)31-22-14-11-20(12-15-22)19-9-6-5-7-10-19/h5-7,9-16,18H,2-4,8,17H2,1H3. The molecule has 5 heteroatoms. The number of thiocarbonyl (C=S) groups is 1. The van der Waals surface area contributed by atoms with Crippen LogP contribution in [0.2, 0.25) is 0 Å². The summed E-state index contributed by atoms with van der Waals surface area (Å²) in [7, 11) is 0. The largest absolute Gasteiger partial charge is 0.423 e. The van der Waals surface area contributed by atoms with Crippen LogP contribution in [-0.2, 0) is 0 Å². The molecule has 0 unspecified atom stereocenters. The number of nitrogens with zero attached hydrogens (tertiary/aromatic N) is 1. The van der Waals surface area contributed by atoms with E-state index in [1.54, 1.807) is 35.2 Å². The lowest BCUT2D eigenvalue weighted by molar-refractivity contribution is 0.0734. The Kier molecular flexibility index (Phi) is 6.76. The second-order valence-electron chi connectivity index (χ2n) is 7.86. The van der Waals surface area contributed by atoms with Gasteiger partial charge in [-0.2, -0.15) is 0 Å². The first-order valence-corrected chi connectivity index (χ1v) is 11.4. The quantitative estimate of drug-likeness (QED) is 0.178. The highest BCUT2D eigenvalue weighted by Gasteiger charge is 2.32. The van der Waals surface area contributed by atoms with Gasteiger partial charge in [0.1, 0.15) is 10.7 Å². The van der Waals surface area contributed by atoms with Crippen LogP contribution in [0.5, 0.6) is 5.75 Å². The molecule has 4 rings (SSSR count). The Bertz CT molecular complexity index is 1140. The molecule has 1 aliphatic heterocycles. The van der Waals surface area contributed by atoms with Crippen LogP contribution in [0.25, 0.3) is 11.1 Å². The number of benzene rings is 3. The molecule has 4 nitrogen and oxygen atoms in total. The Morgan fingerprint density at radius 3 is 2.31 bits per heavy atom. The zero-order chi connectivity index (χ0) is 22.5. The van der Waals surface area contributed by atoms with Crippen molar-refractivity contribution in [2.24, 2.45) is 0 Å². The Morgan fingerprint density at radius 2 is 1.59 bits per heavy atom. The van der Waals surface area contributed by atoms with Crippen molar-refractivity contribution in [1.29, 1.82) is 0 Å². The van der Waals surface area contributed by atoms with Gasteiger partial charge >= 0.3 is 5.97 Å². The smallest absolute Gasteiger partial charge is 0.343 e. The van der Waals surface area contributed by atoms with Gasteiger partial charge < -0.3 is 4.74 Å². The second kappa shape index (κ2) is 9.88. The minimum atomic E-state index is -0.500. The highest BCUT2D eigenvalue weighted by molar-refractivity contribution is 7.80. The van der Waals surface area contributed by atoms with Crippen LogP contribution in [0.3, 0.4) is 0 Å². The number of hydrogen-bond acceptors (Lipinski definition) is 4. The van der Waals surface area contributed by atoms with E-state index in [9.17, 15) is 9.59 Å². The number of unbranched alkanes of at least 4 members (excludes halogenated alkanes) is 3. The average molecular weight is 444 g/mol. The maximum absolute atomic E-state index is 12.9. The number of carbonyl (C=O) groups is 2. The normalized spacial score (nSPS) is 12.7. The van der Waals surface area contributed by atoms with Crippen molar-refractivity contribution in [3.05, 3.63) is 89.5 Å². The predicted octanol–water partition coefficient (Wildman–Crippen LogP) is 6.28. The molecule has 0 bridgehead atoms. The molecule has 0 aliphatic carbocycles. The first kappa shape index (κ1) is 21.9. The van der Waals surface area contributed by atoms with Crippen LogP contribution in [0.4, 0.5) is 0 Å². The summed E-state index contributed by atoms with van der Waals surface area (Å²) in [5, 5.41) is 0. The molecule has 1 aliphatic rings. The summed E-state index contributed by atoms with van der Waals surface area (Å²) < 4.78 is 5.54. The van der Waals surface area contributed by atoms with Crippen LogP contribution < -0.4 is 4.74 Å². The molecule has 3 aromatic carbocycles. The van der Waals surface area contributed by atoms with E-state index in [1.807, 2.05) is 42.5 Å². The summed E-state index contributed by atoms with van der Waals surface area (Å²) in [6.07, 6.45) is 4.27. The van der Waals surface area contributed by atoms with Gasteiger partial charge in [-0.25, -0.2) is 4.79 Å². The van der Waals surface area contributed by atoms with Crippen molar-refractivity contribution < 1.29 is 14.3 Å². The number of hydrogen-bond donors (Lipinski definition) is 0. The molecular formula is C27H25NO3S. The van der Waals surface area contributed by atoms with E-state index in [0.29, 0.717) is 34.0 Å². The molecule has 0 aromatic heterocycles. The molecular weight excluding hydrogens is 418 g/mol. The van der Waals surface area contributed by atoms with Crippen LogP contribution in [0.1, 0.15) is 58.9 Å². The summed E-state index contributed by atoms with van der Waals surface area (Å²) in [4.78, 5) is 27.8. The third kappa shape index (κ3) is 4.63. The fourth-order valence-corrected chi connectivity index (χ4v) is 4.18. The van der Waals surface area contributed by atoms with Crippen molar-refractivity contribution in [3.8, 4) is 16.9 Å². The monoisotopic (exact) mass is 443 g/mol. The van der Waals surface area contributed by atoms with Crippen molar-refractivity contribution >= 4 is 29.1 Å². The summed E-state index contributed by atoms with van der Waals surface area (Å²) in [6, 6.07) is 22.4. The highest BCUT2D eigenvalue weighted by atomic mass is 32.1. The fraction of sp³-hybridized carbons (Fsp3) is 0.222.